The summed E-state index contributed by atoms with van der Waals surface area (Å²) in [6, 6.07) is 7.81. The van der Waals surface area contributed by atoms with Gasteiger partial charge in [-0.2, -0.15) is 0 Å². The van der Waals surface area contributed by atoms with Gasteiger partial charge in [0.2, 0.25) is 0 Å². The van der Waals surface area contributed by atoms with Crippen molar-refractivity contribution in [1.29, 1.82) is 0 Å². The Balaban J connectivity index is 1.88. The van der Waals surface area contributed by atoms with Crippen LogP contribution in [0.5, 0.6) is 0 Å². The van der Waals surface area contributed by atoms with E-state index in [0.717, 1.165) is 5.56 Å². The molecule has 10 heteroatoms. The predicted octanol–water partition coefficient (Wildman–Crippen LogP) is 2.73. The van der Waals surface area contributed by atoms with Crippen LogP contribution in [0.1, 0.15) is 33.3 Å². The molecule has 2 heterocycles. The Hall–Kier alpha value is -2.22. The summed E-state index contributed by atoms with van der Waals surface area (Å²) in [7, 11) is -3.17. The zero-order valence-corrected chi connectivity index (χ0v) is 18.1. The van der Waals surface area contributed by atoms with Crippen LogP contribution in [0.2, 0.25) is 0 Å². The van der Waals surface area contributed by atoms with Crippen molar-refractivity contribution in [3.8, 4) is 0 Å². The van der Waals surface area contributed by atoms with Crippen molar-refractivity contribution in [2.75, 3.05) is 7.05 Å². The second kappa shape index (κ2) is 7.55. The summed E-state index contributed by atoms with van der Waals surface area (Å²) in [6.45, 7) is 7.55. The van der Waals surface area contributed by atoms with Gasteiger partial charge in [-0.05, 0) is 0 Å². The molecule has 0 radical (unpaired) electrons. The molecule has 160 valence electrons. The first-order valence-electron chi connectivity index (χ1n) is 9.60. The Morgan fingerprint density at radius 2 is 1.52 bits per heavy atom. The molecule has 3 rings (SSSR count). The van der Waals surface area contributed by atoms with Gasteiger partial charge in [-0.3, -0.25) is 0 Å². The van der Waals surface area contributed by atoms with E-state index >= 15 is 0 Å². The zero-order chi connectivity index (χ0) is 21.4. The van der Waals surface area contributed by atoms with E-state index in [0.29, 0.717) is 0 Å². The van der Waals surface area contributed by atoms with E-state index in [9.17, 15) is 14.4 Å². The number of nitrogens with zero attached hydrogens (tertiary/aromatic N) is 1. The number of carbonyl (C=O) groups excluding carboxylic acids is 3. The molecule has 2 aliphatic rings. The number of nitrogens with one attached hydrogen (secondary N) is 2. The average Bonchev–Trinajstić information content (AvgIpc) is 3.09. The Bertz CT molecular complexity index is 779. The molecule has 2 aliphatic heterocycles. The summed E-state index contributed by atoms with van der Waals surface area (Å²) in [4.78, 5) is 39.3. The Kier molecular flexibility index (Phi) is 5.60. The van der Waals surface area contributed by atoms with E-state index in [2.05, 4.69) is 10.2 Å². The van der Waals surface area contributed by atoms with Gasteiger partial charge in [0, 0.05) is 0 Å². The third-order valence-electron chi connectivity index (χ3n) is 4.89. The summed E-state index contributed by atoms with van der Waals surface area (Å²) in [6.07, 6.45) is -0.777. The monoisotopic (exact) mass is 425 g/mol. The van der Waals surface area contributed by atoms with E-state index in [1.165, 1.54) is 4.90 Å². The molecule has 2 fully saturated rings. The van der Waals surface area contributed by atoms with Crippen molar-refractivity contribution in [3.05, 3.63) is 35.9 Å². The molecule has 29 heavy (non-hydrogen) atoms. The van der Waals surface area contributed by atoms with Gasteiger partial charge < -0.3 is 0 Å². The Morgan fingerprint density at radius 3 is 1.93 bits per heavy atom. The van der Waals surface area contributed by atoms with E-state index in [1.54, 1.807) is 7.05 Å². The fourth-order valence-corrected chi connectivity index (χ4v) is 6.83. The fourth-order valence-electron chi connectivity index (χ4n) is 3.25. The van der Waals surface area contributed by atoms with Crippen LogP contribution in [-0.4, -0.2) is 42.1 Å². The van der Waals surface area contributed by atoms with Crippen molar-refractivity contribution in [2.24, 2.45) is 11.8 Å². The van der Waals surface area contributed by atoms with Gasteiger partial charge in [0.25, 0.3) is 0 Å². The second-order valence-corrected chi connectivity index (χ2v) is 10.9. The van der Waals surface area contributed by atoms with Crippen molar-refractivity contribution >= 4 is 25.6 Å². The maximum atomic E-state index is 12.9. The molecule has 1 spiro atoms. The van der Waals surface area contributed by atoms with Gasteiger partial charge in [0.15, 0.2) is 0 Å². The van der Waals surface area contributed by atoms with Crippen LogP contribution in [0.25, 0.3) is 0 Å². The topological polar surface area (TPSA) is 106 Å². The number of hydrogen-bond donors (Lipinski definition) is 2. The van der Waals surface area contributed by atoms with Gasteiger partial charge in [-0.1, -0.05) is 0 Å². The van der Waals surface area contributed by atoms with Gasteiger partial charge in [0.1, 0.15) is 0 Å². The quantitative estimate of drug-likeness (QED) is 0.694. The number of amides is 1. The molecule has 1 aromatic carbocycles. The van der Waals surface area contributed by atoms with Crippen LogP contribution in [0.3, 0.4) is 0 Å². The van der Waals surface area contributed by atoms with Gasteiger partial charge >= 0.3 is 170 Å². The third-order valence-corrected chi connectivity index (χ3v) is 7.85. The first-order chi connectivity index (χ1) is 13.5. The first-order valence-corrected chi connectivity index (χ1v) is 11.6. The van der Waals surface area contributed by atoms with E-state index < -0.39 is 37.7 Å². The van der Waals surface area contributed by atoms with Crippen LogP contribution < -0.4 is 10.2 Å². The third kappa shape index (κ3) is 4.08. The summed E-state index contributed by atoms with van der Waals surface area (Å²) in [5.74, 6) is -1.58. The summed E-state index contributed by atoms with van der Waals surface area (Å²) < 4.78 is 16.8. The fraction of sp³-hybridized carbons (Fsp3) is 0.526. The molecule has 2 N–H and O–H groups in total. The van der Waals surface area contributed by atoms with Crippen LogP contribution in [0.4, 0.5) is 4.79 Å². The Labute approximate surface area is 170 Å². The standard InChI is InChI=1S/C19H28N3O6P/c1-12(2)15-17(23)26-29(20-15,21-16(13(3)4)18(24)27-29)28-19(25)22(5)11-14-9-7-6-8-10-14/h6-10,12-13,15-16,20-21H,11H2,1-5H3/t15-,16-/m0/s1. The van der Waals surface area contributed by atoms with Crippen LogP contribution >= 0.6 is 7.59 Å². The van der Waals surface area contributed by atoms with Crippen molar-refractivity contribution in [3.63, 3.8) is 0 Å². The normalized spacial score (nSPS) is 26.1. The SMILES string of the molecule is CC(C)[C@@H]1NP2(OC(=O)N(C)Cc3ccccc3)(N[C@@H](C(C)C)C(=O)O2)OC1=O. The minimum absolute atomic E-state index is 0.164. The van der Waals surface area contributed by atoms with E-state index in [1.807, 2.05) is 58.0 Å². The van der Waals surface area contributed by atoms with E-state index in [-0.39, 0.29) is 18.4 Å². The van der Waals surface area contributed by atoms with Crippen molar-refractivity contribution < 1.29 is 28.0 Å². The summed E-state index contributed by atoms with van der Waals surface area (Å²) in [5, 5.41) is 5.86. The number of rotatable bonds is 5. The molecule has 0 bridgehead atoms. The minimum atomic E-state index is -4.73. The molecule has 1 aromatic rings. The molecule has 2 saturated heterocycles. The van der Waals surface area contributed by atoms with Crippen molar-refractivity contribution in [2.45, 2.75) is 46.3 Å². The molecule has 0 saturated carbocycles. The second-order valence-electron chi connectivity index (χ2n) is 8.10. The van der Waals surface area contributed by atoms with E-state index in [4.69, 9.17) is 13.6 Å². The molecule has 0 unspecified atom stereocenters. The molecular formula is C19H28N3O6P. The number of benzene rings is 1. The Morgan fingerprint density at radius 1 is 1.03 bits per heavy atom. The predicted molar refractivity (Wildman–Crippen MR) is 107 cm³/mol. The zero-order valence-electron chi connectivity index (χ0n) is 17.2. The molecular weight excluding hydrogens is 397 g/mol. The molecule has 1 amide bonds. The maximum absolute atomic E-state index is 12.9. The van der Waals surface area contributed by atoms with Crippen LogP contribution in [-0.2, 0) is 29.7 Å². The summed E-state index contributed by atoms with van der Waals surface area (Å²) in [5.41, 5.74) is 0.895. The number of hydrogen-bond acceptors (Lipinski definition) is 8. The van der Waals surface area contributed by atoms with Crippen LogP contribution in [0.15, 0.2) is 30.3 Å². The molecule has 2 atom stereocenters. The van der Waals surface area contributed by atoms with Gasteiger partial charge in [-0.25, -0.2) is 0 Å². The average molecular weight is 425 g/mol. The van der Waals surface area contributed by atoms with Crippen LogP contribution in [0, 0.1) is 11.8 Å². The number of carbonyl (C=O) groups is 3. The summed E-state index contributed by atoms with van der Waals surface area (Å²) >= 11 is 0. The van der Waals surface area contributed by atoms with Crippen molar-refractivity contribution in [1.82, 2.24) is 15.1 Å². The van der Waals surface area contributed by atoms with Gasteiger partial charge in [0.05, 0.1) is 0 Å². The van der Waals surface area contributed by atoms with Gasteiger partial charge in [-0.15, -0.1) is 0 Å². The molecule has 9 nitrogen and oxygen atoms in total. The molecule has 0 aliphatic carbocycles. The molecule has 0 aromatic heterocycles. The first kappa shape index (κ1) is 21.5.